The summed E-state index contributed by atoms with van der Waals surface area (Å²) in [7, 11) is 0. The number of carbonyl (C=O) groups is 1. The summed E-state index contributed by atoms with van der Waals surface area (Å²) < 4.78 is 5.77. The normalized spacial score (nSPS) is 17.0. The van der Waals surface area contributed by atoms with Crippen LogP contribution < -0.4 is 5.43 Å². The number of benzene rings is 1. The Bertz CT molecular complexity index is 977. The van der Waals surface area contributed by atoms with Crippen molar-refractivity contribution in [1.29, 1.82) is 0 Å². The molecule has 1 aromatic carbocycles. The first kappa shape index (κ1) is 14.5. The van der Waals surface area contributed by atoms with Gasteiger partial charge in [0.1, 0.15) is 5.58 Å². The van der Waals surface area contributed by atoms with Gasteiger partial charge >= 0.3 is 0 Å². The molecule has 23 heavy (non-hydrogen) atoms. The second kappa shape index (κ2) is 5.22. The smallest absolute Gasteiger partial charge is 0.290 e. The minimum Gasteiger partial charge on any atom is -0.450 e. The predicted octanol–water partition coefficient (Wildman–Crippen LogP) is 4.07. The van der Waals surface area contributed by atoms with Crippen LogP contribution in [0.5, 0.6) is 0 Å². The van der Waals surface area contributed by atoms with Crippen LogP contribution in [0, 0.1) is 0 Å². The maximum Gasteiger partial charge on any atom is 0.290 e. The van der Waals surface area contributed by atoms with E-state index in [4.69, 9.17) is 16.0 Å². The van der Waals surface area contributed by atoms with Gasteiger partial charge in [0.25, 0.3) is 5.91 Å². The fourth-order valence-corrected chi connectivity index (χ4v) is 4.08. The SMILES string of the molecule is CCN1C(=O)c2oc3ccc(Cl)cc3c(=O)c2[C@@H]1c1cccs1. The molecule has 0 unspecified atom stereocenters. The van der Waals surface area contributed by atoms with Gasteiger partial charge in [0.2, 0.25) is 5.76 Å². The summed E-state index contributed by atoms with van der Waals surface area (Å²) in [5.74, 6) is -0.0973. The number of hydrogen-bond acceptors (Lipinski definition) is 4. The summed E-state index contributed by atoms with van der Waals surface area (Å²) in [4.78, 5) is 28.3. The minimum absolute atomic E-state index is 0.144. The summed E-state index contributed by atoms with van der Waals surface area (Å²) in [5, 5.41) is 2.81. The Morgan fingerprint density at radius 3 is 2.83 bits per heavy atom. The van der Waals surface area contributed by atoms with Gasteiger partial charge in [0.05, 0.1) is 17.0 Å². The van der Waals surface area contributed by atoms with E-state index in [0.29, 0.717) is 28.1 Å². The van der Waals surface area contributed by atoms with Gasteiger partial charge in [-0.3, -0.25) is 9.59 Å². The highest BCUT2D eigenvalue weighted by Crippen LogP contribution is 2.39. The fourth-order valence-electron chi connectivity index (χ4n) is 3.06. The minimum atomic E-state index is -0.387. The Kier molecular flexibility index (Phi) is 3.28. The van der Waals surface area contributed by atoms with Crippen LogP contribution in [0.25, 0.3) is 11.0 Å². The molecular formula is C17H12ClNO3S. The molecule has 116 valence electrons. The van der Waals surface area contributed by atoms with Gasteiger partial charge in [0, 0.05) is 16.4 Å². The second-order valence-corrected chi connectivity index (χ2v) is 6.74. The average Bonchev–Trinajstić information content (AvgIpc) is 3.15. The summed E-state index contributed by atoms with van der Waals surface area (Å²) in [5.41, 5.74) is 0.606. The van der Waals surface area contributed by atoms with Crippen molar-refractivity contribution < 1.29 is 9.21 Å². The molecule has 3 aromatic rings. The maximum absolute atomic E-state index is 13.0. The average molecular weight is 346 g/mol. The highest BCUT2D eigenvalue weighted by molar-refractivity contribution is 7.10. The van der Waals surface area contributed by atoms with E-state index in [-0.39, 0.29) is 23.1 Å². The van der Waals surface area contributed by atoms with E-state index >= 15 is 0 Å². The zero-order valence-corrected chi connectivity index (χ0v) is 13.8. The molecule has 0 fully saturated rings. The summed E-state index contributed by atoms with van der Waals surface area (Å²) in [6, 6.07) is 8.32. The molecule has 0 spiro atoms. The zero-order valence-electron chi connectivity index (χ0n) is 12.2. The Hall–Kier alpha value is -2.11. The molecule has 0 N–H and O–H groups in total. The predicted molar refractivity (Wildman–Crippen MR) is 90.4 cm³/mol. The number of rotatable bonds is 2. The molecule has 1 aliphatic heterocycles. The van der Waals surface area contributed by atoms with Crippen LogP contribution in [0.15, 0.2) is 44.9 Å². The number of hydrogen-bond donors (Lipinski definition) is 0. The van der Waals surface area contributed by atoms with Gasteiger partial charge in [-0.15, -0.1) is 11.3 Å². The standard InChI is InChI=1S/C17H12ClNO3S/c1-2-19-14(12-4-3-7-23-12)13-15(20)10-8-9(18)5-6-11(10)22-16(13)17(19)21/h3-8,14H,2H2,1H3/t14-/m0/s1. The van der Waals surface area contributed by atoms with E-state index < -0.39 is 0 Å². The van der Waals surface area contributed by atoms with E-state index in [1.165, 1.54) is 11.3 Å². The van der Waals surface area contributed by atoms with Crippen LogP contribution in [0.4, 0.5) is 0 Å². The van der Waals surface area contributed by atoms with E-state index in [1.54, 1.807) is 23.1 Å². The molecule has 4 rings (SSSR count). The van der Waals surface area contributed by atoms with Crippen molar-refractivity contribution in [3.8, 4) is 0 Å². The van der Waals surface area contributed by atoms with Gasteiger partial charge in [0.15, 0.2) is 5.43 Å². The van der Waals surface area contributed by atoms with Crippen LogP contribution in [0.1, 0.15) is 34.0 Å². The van der Waals surface area contributed by atoms with Crippen LogP contribution in [-0.4, -0.2) is 17.4 Å². The molecule has 1 amide bonds. The number of nitrogens with zero attached hydrogens (tertiary/aromatic N) is 1. The fraction of sp³-hybridized carbons (Fsp3) is 0.176. The molecule has 0 aliphatic carbocycles. The van der Waals surface area contributed by atoms with Gasteiger partial charge in [-0.05, 0) is 36.6 Å². The molecule has 1 atom stereocenters. The van der Waals surface area contributed by atoms with Gasteiger partial charge in [-0.1, -0.05) is 17.7 Å². The number of carbonyl (C=O) groups excluding carboxylic acids is 1. The molecule has 0 radical (unpaired) electrons. The van der Waals surface area contributed by atoms with Gasteiger partial charge < -0.3 is 9.32 Å². The molecule has 0 saturated carbocycles. The van der Waals surface area contributed by atoms with Crippen molar-refractivity contribution >= 4 is 39.8 Å². The Morgan fingerprint density at radius 1 is 1.30 bits per heavy atom. The van der Waals surface area contributed by atoms with Crippen LogP contribution >= 0.6 is 22.9 Å². The Balaban J connectivity index is 2.07. The summed E-state index contributed by atoms with van der Waals surface area (Å²) in [6.07, 6.45) is 0. The molecule has 0 saturated heterocycles. The largest absolute Gasteiger partial charge is 0.450 e. The van der Waals surface area contributed by atoms with Gasteiger partial charge in [-0.25, -0.2) is 0 Å². The maximum atomic E-state index is 13.0. The number of fused-ring (bicyclic) bond motifs is 2. The highest BCUT2D eigenvalue weighted by Gasteiger charge is 2.42. The third-order valence-corrected chi connectivity index (χ3v) is 5.24. The van der Waals surface area contributed by atoms with Crippen molar-refractivity contribution in [2.45, 2.75) is 13.0 Å². The molecule has 3 heterocycles. The lowest BCUT2D eigenvalue weighted by atomic mass is 10.0. The lowest BCUT2D eigenvalue weighted by Gasteiger charge is -2.21. The lowest BCUT2D eigenvalue weighted by Crippen LogP contribution is -2.28. The third kappa shape index (κ3) is 2.04. The van der Waals surface area contributed by atoms with E-state index in [0.717, 1.165) is 4.88 Å². The summed E-state index contributed by atoms with van der Waals surface area (Å²) in [6.45, 7) is 2.40. The van der Waals surface area contributed by atoms with Crippen molar-refractivity contribution in [3.63, 3.8) is 0 Å². The quantitative estimate of drug-likeness (QED) is 0.703. The van der Waals surface area contributed by atoms with Crippen LogP contribution in [0.3, 0.4) is 0 Å². The van der Waals surface area contributed by atoms with Crippen LogP contribution in [-0.2, 0) is 0 Å². The lowest BCUT2D eigenvalue weighted by molar-refractivity contribution is 0.0739. The second-order valence-electron chi connectivity index (χ2n) is 5.32. The van der Waals surface area contributed by atoms with Crippen LogP contribution in [0.2, 0.25) is 5.02 Å². The van der Waals surface area contributed by atoms with Crippen molar-refractivity contribution in [2.24, 2.45) is 0 Å². The first-order valence-corrected chi connectivity index (χ1v) is 8.48. The monoisotopic (exact) mass is 345 g/mol. The van der Waals surface area contributed by atoms with Crippen molar-refractivity contribution in [1.82, 2.24) is 4.90 Å². The number of thiophene rings is 1. The third-order valence-electron chi connectivity index (χ3n) is 4.08. The topological polar surface area (TPSA) is 50.5 Å². The molecule has 6 heteroatoms. The molecule has 1 aliphatic rings. The highest BCUT2D eigenvalue weighted by atomic mass is 35.5. The number of amides is 1. The molecular weight excluding hydrogens is 334 g/mol. The van der Waals surface area contributed by atoms with Gasteiger partial charge in [-0.2, -0.15) is 0 Å². The van der Waals surface area contributed by atoms with Crippen molar-refractivity contribution in [3.05, 3.63) is 67.2 Å². The van der Waals surface area contributed by atoms with E-state index in [2.05, 4.69) is 0 Å². The Labute approximate surface area is 140 Å². The molecule has 4 nitrogen and oxygen atoms in total. The van der Waals surface area contributed by atoms with E-state index in [1.807, 2.05) is 24.4 Å². The Morgan fingerprint density at radius 2 is 2.13 bits per heavy atom. The summed E-state index contributed by atoms with van der Waals surface area (Å²) >= 11 is 7.53. The van der Waals surface area contributed by atoms with Crippen molar-refractivity contribution in [2.75, 3.05) is 6.54 Å². The molecule has 0 bridgehead atoms. The van der Waals surface area contributed by atoms with E-state index in [9.17, 15) is 9.59 Å². The first-order chi connectivity index (χ1) is 11.1. The first-order valence-electron chi connectivity index (χ1n) is 7.22. The molecule has 2 aromatic heterocycles. The number of halogens is 1. The zero-order chi connectivity index (χ0) is 16.1.